The second kappa shape index (κ2) is 6.47. The van der Waals surface area contributed by atoms with Crippen LogP contribution in [0.15, 0.2) is 66.7 Å². The van der Waals surface area contributed by atoms with Gasteiger partial charge in [0.25, 0.3) is 0 Å². The first-order valence-corrected chi connectivity index (χ1v) is 12.0. The Balaban J connectivity index is 1.42. The molecule has 7 rings (SSSR count). The van der Waals surface area contributed by atoms with Crippen LogP contribution in [-0.4, -0.2) is 40.5 Å². The summed E-state index contributed by atoms with van der Waals surface area (Å²) in [5.74, 6) is -1.95. The molecular formula is C28H24N2O5. The molecule has 4 bridgehead atoms. The second-order valence-electron chi connectivity index (χ2n) is 10.4. The summed E-state index contributed by atoms with van der Waals surface area (Å²) >= 11 is 0. The van der Waals surface area contributed by atoms with Crippen LogP contribution in [0.2, 0.25) is 0 Å². The van der Waals surface area contributed by atoms with Crippen LogP contribution in [0.1, 0.15) is 35.7 Å². The van der Waals surface area contributed by atoms with Crippen LogP contribution in [0.25, 0.3) is 0 Å². The Hall–Kier alpha value is -3.74. The zero-order valence-corrected chi connectivity index (χ0v) is 19.4. The Bertz CT molecular complexity index is 1300. The monoisotopic (exact) mass is 468 g/mol. The lowest BCUT2D eigenvalue weighted by molar-refractivity contribution is -0.144. The van der Waals surface area contributed by atoms with Crippen molar-refractivity contribution in [1.82, 2.24) is 9.80 Å². The molecule has 0 radical (unpaired) electrons. The van der Waals surface area contributed by atoms with Gasteiger partial charge in [-0.05, 0) is 23.6 Å². The van der Waals surface area contributed by atoms with Crippen molar-refractivity contribution in [2.45, 2.75) is 25.6 Å². The third-order valence-corrected chi connectivity index (χ3v) is 9.24. The molecule has 2 saturated heterocycles. The summed E-state index contributed by atoms with van der Waals surface area (Å²) in [6.45, 7) is 1.64. The molecule has 7 heteroatoms. The number of allylic oxidation sites excluding steroid dienone is 2. The number of carbonyl (C=O) groups is 4. The van der Waals surface area contributed by atoms with Crippen molar-refractivity contribution in [2.75, 3.05) is 7.05 Å². The average molecular weight is 469 g/mol. The Labute approximate surface area is 202 Å². The number of benzene rings is 2. The predicted octanol–water partition coefficient (Wildman–Crippen LogP) is 3.43. The van der Waals surface area contributed by atoms with Crippen LogP contribution in [0.4, 0.5) is 4.79 Å². The van der Waals surface area contributed by atoms with E-state index in [-0.39, 0.29) is 24.2 Å². The number of ketones is 1. The molecule has 3 aliphatic heterocycles. The maximum atomic E-state index is 14.1. The summed E-state index contributed by atoms with van der Waals surface area (Å²) in [6, 6.07) is 15.7. The molecule has 7 atom stereocenters. The number of fused-ring (bicyclic) bond motifs is 7. The number of nitrogens with zero attached hydrogens (tertiary/aromatic N) is 2. The lowest BCUT2D eigenvalue weighted by Crippen LogP contribution is -2.50. The van der Waals surface area contributed by atoms with Crippen LogP contribution in [0.3, 0.4) is 0 Å². The van der Waals surface area contributed by atoms with Gasteiger partial charge < -0.3 is 4.74 Å². The highest BCUT2D eigenvalue weighted by Gasteiger charge is 2.92. The van der Waals surface area contributed by atoms with Gasteiger partial charge in [-0.15, -0.1) is 0 Å². The standard InChI is InChI=1S/C28H24N2O5/c1-15(31)21-19-12-13-20(21)28-23-18-11-7-6-10-17(18)22(27(19,28)24(32)29(2)25(28)33)30(23)26(34)35-14-16-8-4-3-5-9-16/h3-13,19-23H,14H2,1-2H3/t19-,20+,21?,22+,23-,27+,28-. The summed E-state index contributed by atoms with van der Waals surface area (Å²) < 4.78 is 5.77. The average Bonchev–Trinajstić information content (AvgIpc) is 3.62. The fourth-order valence-electron chi connectivity index (χ4n) is 8.36. The molecule has 1 saturated carbocycles. The SMILES string of the molecule is CC(=O)C1[C@H]2C=C[C@@H]1[C@@]13C(=O)N(C)C(=O)[C@@]21[C@@H]1c2ccccc2[C@H]3N1C(=O)OCc1ccccc1. The van der Waals surface area contributed by atoms with Gasteiger partial charge in [-0.1, -0.05) is 66.7 Å². The van der Waals surface area contributed by atoms with E-state index in [2.05, 4.69) is 0 Å². The van der Waals surface area contributed by atoms with E-state index in [1.165, 1.54) is 11.9 Å². The zero-order valence-electron chi connectivity index (χ0n) is 19.4. The van der Waals surface area contributed by atoms with Crippen molar-refractivity contribution in [3.63, 3.8) is 0 Å². The van der Waals surface area contributed by atoms with Crippen molar-refractivity contribution < 1.29 is 23.9 Å². The van der Waals surface area contributed by atoms with E-state index in [0.29, 0.717) is 0 Å². The first-order chi connectivity index (χ1) is 16.9. The highest BCUT2D eigenvalue weighted by molar-refractivity contribution is 6.14. The molecule has 7 nitrogen and oxygen atoms in total. The third kappa shape index (κ3) is 1.99. The number of ether oxygens (including phenoxy) is 1. The zero-order chi connectivity index (χ0) is 24.3. The van der Waals surface area contributed by atoms with Gasteiger partial charge >= 0.3 is 6.09 Å². The van der Waals surface area contributed by atoms with Gasteiger partial charge in [-0.2, -0.15) is 0 Å². The van der Waals surface area contributed by atoms with Crippen molar-refractivity contribution in [3.8, 4) is 0 Å². The largest absolute Gasteiger partial charge is 0.445 e. The second-order valence-corrected chi connectivity index (χ2v) is 10.4. The normalized spacial score (nSPS) is 37.0. The topological polar surface area (TPSA) is 84.0 Å². The smallest absolute Gasteiger partial charge is 0.411 e. The number of hydrogen-bond acceptors (Lipinski definition) is 5. The maximum absolute atomic E-state index is 14.1. The summed E-state index contributed by atoms with van der Waals surface area (Å²) in [7, 11) is 1.53. The fraction of sp³-hybridized carbons (Fsp3) is 0.357. The van der Waals surface area contributed by atoms with Crippen LogP contribution in [-0.2, 0) is 25.7 Å². The van der Waals surface area contributed by atoms with Gasteiger partial charge in [0, 0.05) is 24.8 Å². The predicted molar refractivity (Wildman–Crippen MR) is 123 cm³/mol. The fourth-order valence-corrected chi connectivity index (χ4v) is 8.36. The molecule has 5 aliphatic rings. The molecule has 176 valence electrons. The van der Waals surface area contributed by atoms with E-state index in [1.54, 1.807) is 11.8 Å². The van der Waals surface area contributed by atoms with E-state index in [9.17, 15) is 19.2 Å². The molecule has 0 N–H and O–H groups in total. The minimum absolute atomic E-state index is 0.0232. The van der Waals surface area contributed by atoms with Crippen molar-refractivity contribution in [1.29, 1.82) is 0 Å². The van der Waals surface area contributed by atoms with Crippen LogP contribution in [0, 0.1) is 28.6 Å². The minimum atomic E-state index is -1.21. The molecule has 2 aromatic rings. The van der Waals surface area contributed by atoms with Crippen molar-refractivity contribution in [2.24, 2.45) is 28.6 Å². The van der Waals surface area contributed by atoms with E-state index >= 15 is 0 Å². The molecule has 3 fully saturated rings. The van der Waals surface area contributed by atoms with Crippen molar-refractivity contribution in [3.05, 3.63) is 83.4 Å². The Kier molecular flexibility index (Phi) is 3.81. The Morgan fingerprint density at radius 2 is 1.37 bits per heavy atom. The summed E-state index contributed by atoms with van der Waals surface area (Å²) in [4.78, 5) is 57.6. The first kappa shape index (κ1) is 20.6. The molecule has 3 amide bonds. The minimum Gasteiger partial charge on any atom is -0.445 e. The molecular weight excluding hydrogens is 444 g/mol. The van der Waals surface area contributed by atoms with Crippen LogP contribution in [0.5, 0.6) is 0 Å². The van der Waals surface area contributed by atoms with Crippen LogP contribution < -0.4 is 0 Å². The molecule has 0 spiro atoms. The number of hydrogen-bond donors (Lipinski definition) is 0. The van der Waals surface area contributed by atoms with Gasteiger partial charge in [0.05, 0.1) is 22.9 Å². The summed E-state index contributed by atoms with van der Waals surface area (Å²) in [5.41, 5.74) is 0.166. The third-order valence-electron chi connectivity index (χ3n) is 9.24. The number of rotatable bonds is 3. The molecule has 2 aliphatic carbocycles. The van der Waals surface area contributed by atoms with E-state index in [0.717, 1.165) is 16.7 Å². The number of Topliss-reactive ketones (excluding diaryl/α,β-unsaturated/α-hetero) is 1. The number of imide groups is 1. The quantitative estimate of drug-likeness (QED) is 0.509. The molecule has 1 unspecified atom stereocenters. The molecule has 3 heterocycles. The summed E-state index contributed by atoms with van der Waals surface area (Å²) in [6.07, 6.45) is 3.34. The van der Waals surface area contributed by atoms with Gasteiger partial charge in [-0.25, -0.2) is 4.79 Å². The Morgan fingerprint density at radius 1 is 0.857 bits per heavy atom. The van der Waals surface area contributed by atoms with Gasteiger partial charge in [0.1, 0.15) is 12.4 Å². The lowest BCUT2D eigenvalue weighted by atomic mass is 9.52. The maximum Gasteiger partial charge on any atom is 0.411 e. The van der Waals surface area contributed by atoms with E-state index in [1.807, 2.05) is 66.7 Å². The summed E-state index contributed by atoms with van der Waals surface area (Å²) in [5, 5.41) is 0. The molecule has 0 aromatic heterocycles. The number of amides is 3. The lowest BCUT2D eigenvalue weighted by Gasteiger charge is -2.44. The number of likely N-dealkylation sites (tertiary alicyclic amines) is 1. The van der Waals surface area contributed by atoms with Gasteiger partial charge in [0.2, 0.25) is 11.8 Å². The van der Waals surface area contributed by atoms with Crippen LogP contribution >= 0.6 is 0 Å². The van der Waals surface area contributed by atoms with E-state index in [4.69, 9.17) is 4.74 Å². The Morgan fingerprint density at radius 3 is 1.89 bits per heavy atom. The highest BCUT2D eigenvalue weighted by atomic mass is 16.6. The highest BCUT2D eigenvalue weighted by Crippen LogP contribution is 2.85. The molecule has 2 aromatic carbocycles. The number of carbonyl (C=O) groups excluding carboxylic acids is 4. The van der Waals surface area contributed by atoms with E-state index < -0.39 is 46.8 Å². The van der Waals surface area contributed by atoms with Crippen molar-refractivity contribution >= 4 is 23.7 Å². The molecule has 35 heavy (non-hydrogen) atoms. The first-order valence-electron chi connectivity index (χ1n) is 12.0. The van der Waals surface area contributed by atoms with Gasteiger partial charge in [0.15, 0.2) is 0 Å². The van der Waals surface area contributed by atoms with Gasteiger partial charge in [-0.3, -0.25) is 24.2 Å².